The van der Waals surface area contributed by atoms with Gasteiger partial charge in [-0.05, 0) is 37.3 Å². The van der Waals surface area contributed by atoms with Gasteiger partial charge in [0.25, 0.3) is 0 Å². The van der Waals surface area contributed by atoms with E-state index in [0.717, 1.165) is 5.69 Å². The van der Waals surface area contributed by atoms with Gasteiger partial charge in [0, 0.05) is 17.6 Å². The first-order valence-electron chi connectivity index (χ1n) is 4.77. The van der Waals surface area contributed by atoms with Crippen molar-refractivity contribution in [2.24, 2.45) is 0 Å². The summed E-state index contributed by atoms with van der Waals surface area (Å²) in [7, 11) is 0. The van der Waals surface area contributed by atoms with E-state index < -0.39 is 5.97 Å². The molecule has 0 atom stereocenters. The third-order valence-corrected chi connectivity index (χ3v) is 2.48. The number of hydrogen-bond donors (Lipinski definition) is 1. The molecule has 0 aliphatic carbocycles. The van der Waals surface area contributed by atoms with Gasteiger partial charge in [-0.2, -0.15) is 0 Å². The number of hydrogen-bond acceptors (Lipinski definition) is 1. The van der Waals surface area contributed by atoms with Gasteiger partial charge < -0.3 is 9.67 Å². The SMILES string of the molecule is Cc1c(C(=O)O)ccn1-c1ccc(F)cc1. The van der Waals surface area contributed by atoms with Crippen molar-refractivity contribution in [3.63, 3.8) is 0 Å². The summed E-state index contributed by atoms with van der Waals surface area (Å²) >= 11 is 0. The molecule has 3 nitrogen and oxygen atoms in total. The van der Waals surface area contributed by atoms with Crippen molar-refractivity contribution >= 4 is 5.97 Å². The molecule has 0 bridgehead atoms. The Kier molecular flexibility index (Phi) is 2.48. The standard InChI is InChI=1S/C12H10FNO2/c1-8-11(12(15)16)6-7-14(8)10-4-2-9(13)3-5-10/h2-7H,1H3,(H,15,16). The van der Waals surface area contributed by atoms with Crippen molar-refractivity contribution < 1.29 is 14.3 Å². The van der Waals surface area contributed by atoms with E-state index in [4.69, 9.17) is 5.11 Å². The smallest absolute Gasteiger partial charge is 0.337 e. The van der Waals surface area contributed by atoms with Crippen LogP contribution in [0.1, 0.15) is 16.1 Å². The molecular formula is C12H10FNO2. The van der Waals surface area contributed by atoms with Crippen molar-refractivity contribution in [1.82, 2.24) is 4.57 Å². The summed E-state index contributed by atoms with van der Waals surface area (Å²) in [6.45, 7) is 1.72. The summed E-state index contributed by atoms with van der Waals surface area (Å²) in [4.78, 5) is 10.8. The van der Waals surface area contributed by atoms with Crippen LogP contribution in [-0.2, 0) is 0 Å². The summed E-state index contributed by atoms with van der Waals surface area (Å²) in [5.74, 6) is -1.27. The molecule has 0 fully saturated rings. The first-order valence-corrected chi connectivity index (χ1v) is 4.77. The van der Waals surface area contributed by atoms with Gasteiger partial charge in [0.05, 0.1) is 5.56 Å². The largest absolute Gasteiger partial charge is 0.478 e. The number of rotatable bonds is 2. The molecule has 1 aromatic carbocycles. The second-order valence-electron chi connectivity index (χ2n) is 3.47. The van der Waals surface area contributed by atoms with Crippen LogP contribution < -0.4 is 0 Å². The number of carboxylic acid groups (broad SMARTS) is 1. The average molecular weight is 219 g/mol. The second-order valence-corrected chi connectivity index (χ2v) is 3.47. The lowest BCUT2D eigenvalue weighted by atomic mass is 10.2. The molecule has 1 heterocycles. The van der Waals surface area contributed by atoms with E-state index in [1.54, 1.807) is 29.8 Å². The highest BCUT2D eigenvalue weighted by molar-refractivity contribution is 5.89. The van der Waals surface area contributed by atoms with E-state index in [2.05, 4.69) is 0 Å². The van der Waals surface area contributed by atoms with E-state index in [1.807, 2.05) is 0 Å². The van der Waals surface area contributed by atoms with Crippen LogP contribution in [0.5, 0.6) is 0 Å². The van der Waals surface area contributed by atoms with Crippen molar-refractivity contribution in [3.8, 4) is 5.69 Å². The van der Waals surface area contributed by atoms with E-state index in [-0.39, 0.29) is 11.4 Å². The molecule has 1 aromatic heterocycles. The fourth-order valence-corrected chi connectivity index (χ4v) is 1.62. The number of carbonyl (C=O) groups is 1. The van der Waals surface area contributed by atoms with Gasteiger partial charge in [0.15, 0.2) is 0 Å². The molecular weight excluding hydrogens is 209 g/mol. The lowest BCUT2D eigenvalue weighted by Crippen LogP contribution is -2.01. The van der Waals surface area contributed by atoms with Crippen LogP contribution in [0.2, 0.25) is 0 Å². The van der Waals surface area contributed by atoms with Gasteiger partial charge in [0.2, 0.25) is 0 Å². The summed E-state index contributed by atoms with van der Waals surface area (Å²) < 4.78 is 14.4. The first-order chi connectivity index (χ1) is 7.59. The fraction of sp³-hybridized carbons (Fsp3) is 0.0833. The van der Waals surface area contributed by atoms with Crippen LogP contribution in [0.25, 0.3) is 5.69 Å². The summed E-state index contributed by atoms with van der Waals surface area (Å²) in [5.41, 5.74) is 1.62. The molecule has 2 rings (SSSR count). The number of halogens is 1. The second kappa shape index (κ2) is 3.81. The maximum atomic E-state index is 12.7. The van der Waals surface area contributed by atoms with Crippen LogP contribution in [0.4, 0.5) is 4.39 Å². The minimum absolute atomic E-state index is 0.254. The third kappa shape index (κ3) is 1.69. The van der Waals surface area contributed by atoms with E-state index in [9.17, 15) is 9.18 Å². The zero-order chi connectivity index (χ0) is 11.7. The molecule has 0 unspecified atom stereocenters. The van der Waals surface area contributed by atoms with Gasteiger partial charge in [-0.15, -0.1) is 0 Å². The maximum absolute atomic E-state index is 12.7. The molecule has 0 amide bonds. The van der Waals surface area contributed by atoms with Crippen LogP contribution in [-0.4, -0.2) is 15.6 Å². The highest BCUT2D eigenvalue weighted by Crippen LogP contribution is 2.16. The predicted molar refractivity (Wildman–Crippen MR) is 57.4 cm³/mol. The molecule has 82 valence electrons. The van der Waals surface area contributed by atoms with Crippen LogP contribution in [0.15, 0.2) is 36.5 Å². The molecule has 16 heavy (non-hydrogen) atoms. The molecule has 0 saturated carbocycles. The Bertz CT molecular complexity index is 528. The quantitative estimate of drug-likeness (QED) is 0.843. The molecule has 2 aromatic rings. The number of aromatic carboxylic acids is 1. The lowest BCUT2D eigenvalue weighted by molar-refractivity contribution is 0.0696. The fourth-order valence-electron chi connectivity index (χ4n) is 1.62. The Balaban J connectivity index is 2.49. The monoisotopic (exact) mass is 219 g/mol. The highest BCUT2D eigenvalue weighted by Gasteiger charge is 2.11. The Morgan fingerprint density at radius 1 is 1.25 bits per heavy atom. The number of aromatic nitrogens is 1. The Morgan fingerprint density at radius 2 is 1.88 bits per heavy atom. The van der Waals surface area contributed by atoms with Crippen LogP contribution >= 0.6 is 0 Å². The predicted octanol–water partition coefficient (Wildman–Crippen LogP) is 2.62. The molecule has 0 saturated heterocycles. The number of benzene rings is 1. The van der Waals surface area contributed by atoms with Crippen molar-refractivity contribution in [2.45, 2.75) is 6.92 Å². The highest BCUT2D eigenvalue weighted by atomic mass is 19.1. The first kappa shape index (κ1) is 10.4. The summed E-state index contributed by atoms with van der Waals surface area (Å²) in [5, 5.41) is 8.90. The van der Waals surface area contributed by atoms with Gasteiger partial charge in [-0.3, -0.25) is 0 Å². The van der Waals surface area contributed by atoms with Gasteiger partial charge >= 0.3 is 5.97 Å². The van der Waals surface area contributed by atoms with E-state index >= 15 is 0 Å². The maximum Gasteiger partial charge on any atom is 0.337 e. The van der Waals surface area contributed by atoms with Crippen molar-refractivity contribution in [1.29, 1.82) is 0 Å². The van der Waals surface area contributed by atoms with Gasteiger partial charge in [-0.25, -0.2) is 9.18 Å². The van der Waals surface area contributed by atoms with Gasteiger partial charge in [-0.1, -0.05) is 0 Å². The minimum atomic E-state index is -0.960. The summed E-state index contributed by atoms with van der Waals surface area (Å²) in [6, 6.07) is 7.42. The van der Waals surface area contributed by atoms with Crippen LogP contribution in [0.3, 0.4) is 0 Å². The molecule has 0 spiro atoms. The molecule has 4 heteroatoms. The Labute approximate surface area is 91.8 Å². The lowest BCUT2D eigenvalue weighted by Gasteiger charge is -2.06. The summed E-state index contributed by atoms with van der Waals surface area (Å²) in [6.07, 6.45) is 1.66. The van der Waals surface area contributed by atoms with Gasteiger partial charge in [0.1, 0.15) is 5.82 Å². The van der Waals surface area contributed by atoms with Crippen LogP contribution in [0, 0.1) is 12.7 Å². The molecule has 1 N–H and O–H groups in total. The molecule has 0 aliphatic heterocycles. The minimum Gasteiger partial charge on any atom is -0.478 e. The third-order valence-electron chi connectivity index (χ3n) is 2.48. The topological polar surface area (TPSA) is 42.2 Å². The Hall–Kier alpha value is -2.10. The molecule has 0 aliphatic rings. The number of carboxylic acids is 1. The van der Waals surface area contributed by atoms with Crippen molar-refractivity contribution in [3.05, 3.63) is 53.6 Å². The van der Waals surface area contributed by atoms with E-state index in [1.165, 1.54) is 18.2 Å². The number of nitrogens with zero attached hydrogens (tertiary/aromatic N) is 1. The molecule has 0 radical (unpaired) electrons. The normalized spacial score (nSPS) is 10.4. The van der Waals surface area contributed by atoms with Crippen molar-refractivity contribution in [2.75, 3.05) is 0 Å². The van der Waals surface area contributed by atoms with E-state index in [0.29, 0.717) is 5.69 Å². The zero-order valence-corrected chi connectivity index (χ0v) is 8.64. The zero-order valence-electron chi connectivity index (χ0n) is 8.64. The average Bonchev–Trinajstić information content (AvgIpc) is 2.61. The Morgan fingerprint density at radius 3 is 2.38 bits per heavy atom.